The van der Waals surface area contributed by atoms with Crippen LogP contribution in [0.2, 0.25) is 0 Å². The van der Waals surface area contributed by atoms with Crippen LogP contribution < -0.4 is 5.32 Å². The Labute approximate surface area is 111 Å². The monoisotopic (exact) mass is 268 g/mol. The second-order valence-electron chi connectivity index (χ2n) is 4.27. The Hall–Kier alpha value is -1.43. The number of nitrogens with one attached hydrogen (secondary N) is 1. The number of likely N-dealkylation sites (tertiary alicyclic amines) is 1. The number of amides is 2. The molecule has 1 aromatic heterocycles. The quantitative estimate of drug-likeness (QED) is 0.772. The summed E-state index contributed by atoms with van der Waals surface area (Å²) in [4.78, 5) is 25.2. The molecule has 1 aromatic rings. The van der Waals surface area contributed by atoms with Crippen LogP contribution in [0.3, 0.4) is 0 Å². The second-order valence-corrected chi connectivity index (χ2v) is 4.72. The fourth-order valence-electron chi connectivity index (χ4n) is 2.01. The Morgan fingerprint density at radius 2 is 2.44 bits per heavy atom. The van der Waals surface area contributed by atoms with Crippen LogP contribution in [0, 0.1) is 5.92 Å². The third kappa shape index (κ3) is 3.07. The SMILES string of the molecule is O=C(NCCS)C1CC(=O)N(Cc2ccco2)C1. The first-order chi connectivity index (χ1) is 8.70. The summed E-state index contributed by atoms with van der Waals surface area (Å²) in [5.74, 6) is 1.01. The summed E-state index contributed by atoms with van der Waals surface area (Å²) in [6, 6.07) is 3.61. The number of hydrogen-bond donors (Lipinski definition) is 2. The van der Waals surface area contributed by atoms with Gasteiger partial charge in [-0.3, -0.25) is 9.59 Å². The third-order valence-electron chi connectivity index (χ3n) is 2.92. The summed E-state index contributed by atoms with van der Waals surface area (Å²) in [6.45, 7) is 1.42. The first kappa shape index (κ1) is 13.0. The number of carbonyl (C=O) groups excluding carboxylic acids is 2. The molecule has 0 spiro atoms. The fraction of sp³-hybridized carbons (Fsp3) is 0.500. The van der Waals surface area contributed by atoms with E-state index in [1.807, 2.05) is 6.07 Å². The topological polar surface area (TPSA) is 62.6 Å². The van der Waals surface area contributed by atoms with Crippen LogP contribution in [-0.4, -0.2) is 35.6 Å². The summed E-state index contributed by atoms with van der Waals surface area (Å²) in [5, 5.41) is 2.76. The van der Waals surface area contributed by atoms with Crippen molar-refractivity contribution in [3.05, 3.63) is 24.2 Å². The van der Waals surface area contributed by atoms with E-state index in [0.717, 1.165) is 5.76 Å². The summed E-state index contributed by atoms with van der Waals surface area (Å²) in [5.41, 5.74) is 0. The van der Waals surface area contributed by atoms with E-state index in [0.29, 0.717) is 25.4 Å². The molecule has 2 heterocycles. The van der Waals surface area contributed by atoms with E-state index in [2.05, 4.69) is 17.9 Å². The third-order valence-corrected chi connectivity index (χ3v) is 3.15. The molecule has 18 heavy (non-hydrogen) atoms. The second kappa shape index (κ2) is 5.95. The molecule has 0 aliphatic carbocycles. The summed E-state index contributed by atoms with van der Waals surface area (Å²) >= 11 is 4.03. The molecule has 0 radical (unpaired) electrons. The molecule has 2 rings (SSSR count). The Bertz CT molecular complexity index is 419. The van der Waals surface area contributed by atoms with Crippen LogP contribution >= 0.6 is 12.6 Å². The maximum absolute atomic E-state index is 11.8. The average Bonchev–Trinajstić information content (AvgIpc) is 2.98. The largest absolute Gasteiger partial charge is 0.467 e. The highest BCUT2D eigenvalue weighted by Crippen LogP contribution is 2.20. The van der Waals surface area contributed by atoms with Gasteiger partial charge < -0.3 is 14.6 Å². The van der Waals surface area contributed by atoms with Gasteiger partial charge in [-0.15, -0.1) is 0 Å². The molecule has 0 aromatic carbocycles. The summed E-state index contributed by atoms with van der Waals surface area (Å²) < 4.78 is 5.20. The van der Waals surface area contributed by atoms with Gasteiger partial charge >= 0.3 is 0 Å². The highest BCUT2D eigenvalue weighted by atomic mass is 32.1. The van der Waals surface area contributed by atoms with Gasteiger partial charge in [-0.25, -0.2) is 0 Å². The normalized spacial score (nSPS) is 19.3. The first-order valence-electron chi connectivity index (χ1n) is 5.89. The minimum absolute atomic E-state index is 0.00239. The number of furan rings is 1. The standard InChI is InChI=1S/C12H16N2O3S/c15-11-6-9(12(16)13-3-5-18)7-14(11)8-10-2-1-4-17-10/h1-2,4,9,18H,3,5-8H2,(H,13,16). The predicted octanol–water partition coefficient (Wildman–Crippen LogP) is 0.674. The minimum Gasteiger partial charge on any atom is -0.467 e. The van der Waals surface area contributed by atoms with Crippen LogP contribution in [-0.2, 0) is 16.1 Å². The average molecular weight is 268 g/mol. The Kier molecular flexibility index (Phi) is 4.30. The lowest BCUT2D eigenvalue weighted by molar-refractivity contribution is -0.129. The molecule has 1 N–H and O–H groups in total. The van der Waals surface area contributed by atoms with Crippen molar-refractivity contribution in [2.24, 2.45) is 5.92 Å². The zero-order valence-electron chi connectivity index (χ0n) is 9.96. The van der Waals surface area contributed by atoms with Crippen molar-refractivity contribution < 1.29 is 14.0 Å². The maximum atomic E-state index is 11.8. The molecule has 1 aliphatic rings. The number of nitrogens with zero attached hydrogens (tertiary/aromatic N) is 1. The molecule has 5 nitrogen and oxygen atoms in total. The van der Waals surface area contributed by atoms with Crippen molar-refractivity contribution >= 4 is 24.4 Å². The van der Waals surface area contributed by atoms with Gasteiger partial charge in [-0.1, -0.05) is 0 Å². The number of carbonyl (C=O) groups is 2. The van der Waals surface area contributed by atoms with Crippen molar-refractivity contribution in [1.29, 1.82) is 0 Å². The van der Waals surface area contributed by atoms with Crippen molar-refractivity contribution in [2.75, 3.05) is 18.8 Å². The molecule has 1 saturated heterocycles. The van der Waals surface area contributed by atoms with E-state index in [1.54, 1.807) is 17.2 Å². The molecule has 1 fully saturated rings. The van der Waals surface area contributed by atoms with Crippen molar-refractivity contribution in [3.63, 3.8) is 0 Å². The fourth-order valence-corrected chi connectivity index (χ4v) is 2.13. The first-order valence-corrected chi connectivity index (χ1v) is 6.52. The van der Waals surface area contributed by atoms with Gasteiger partial charge in [0.2, 0.25) is 11.8 Å². The maximum Gasteiger partial charge on any atom is 0.225 e. The molecule has 1 unspecified atom stereocenters. The van der Waals surface area contributed by atoms with Gasteiger partial charge in [0.15, 0.2) is 0 Å². The van der Waals surface area contributed by atoms with Crippen molar-refractivity contribution in [3.8, 4) is 0 Å². The summed E-state index contributed by atoms with van der Waals surface area (Å²) in [6.07, 6.45) is 1.85. The lowest BCUT2D eigenvalue weighted by atomic mass is 10.1. The van der Waals surface area contributed by atoms with Gasteiger partial charge in [0.25, 0.3) is 0 Å². The van der Waals surface area contributed by atoms with Crippen molar-refractivity contribution in [2.45, 2.75) is 13.0 Å². The number of rotatable bonds is 5. The van der Waals surface area contributed by atoms with Gasteiger partial charge in [0, 0.05) is 25.3 Å². The van der Waals surface area contributed by atoms with E-state index in [-0.39, 0.29) is 24.2 Å². The van der Waals surface area contributed by atoms with Crippen LogP contribution in [0.25, 0.3) is 0 Å². The highest BCUT2D eigenvalue weighted by Gasteiger charge is 2.34. The van der Waals surface area contributed by atoms with Crippen LogP contribution in [0.1, 0.15) is 12.2 Å². The van der Waals surface area contributed by atoms with Crippen LogP contribution in [0.15, 0.2) is 22.8 Å². The van der Waals surface area contributed by atoms with E-state index < -0.39 is 0 Å². The van der Waals surface area contributed by atoms with Crippen LogP contribution in [0.5, 0.6) is 0 Å². The highest BCUT2D eigenvalue weighted by molar-refractivity contribution is 7.80. The zero-order chi connectivity index (χ0) is 13.0. The Morgan fingerprint density at radius 3 is 3.11 bits per heavy atom. The molecule has 1 aliphatic heterocycles. The molecule has 0 bridgehead atoms. The molecule has 1 atom stereocenters. The van der Waals surface area contributed by atoms with E-state index in [4.69, 9.17) is 4.42 Å². The molecular weight excluding hydrogens is 252 g/mol. The van der Waals surface area contributed by atoms with E-state index >= 15 is 0 Å². The molecule has 98 valence electrons. The molecule has 2 amide bonds. The van der Waals surface area contributed by atoms with E-state index in [9.17, 15) is 9.59 Å². The van der Waals surface area contributed by atoms with Gasteiger partial charge in [0.05, 0.1) is 18.7 Å². The Morgan fingerprint density at radius 1 is 1.61 bits per heavy atom. The zero-order valence-corrected chi connectivity index (χ0v) is 10.9. The minimum atomic E-state index is -0.257. The smallest absolute Gasteiger partial charge is 0.225 e. The molecule has 6 heteroatoms. The number of hydrogen-bond acceptors (Lipinski definition) is 4. The Balaban J connectivity index is 1.88. The lowest BCUT2D eigenvalue weighted by Gasteiger charge is -2.14. The lowest BCUT2D eigenvalue weighted by Crippen LogP contribution is -2.33. The predicted molar refractivity (Wildman–Crippen MR) is 69.1 cm³/mol. The van der Waals surface area contributed by atoms with E-state index in [1.165, 1.54) is 0 Å². The van der Waals surface area contributed by atoms with Crippen molar-refractivity contribution in [1.82, 2.24) is 10.2 Å². The molecular formula is C12H16N2O3S. The number of thiol groups is 1. The molecule has 0 saturated carbocycles. The van der Waals surface area contributed by atoms with Gasteiger partial charge in [-0.05, 0) is 12.1 Å². The van der Waals surface area contributed by atoms with Gasteiger partial charge in [0.1, 0.15) is 5.76 Å². The van der Waals surface area contributed by atoms with Crippen LogP contribution in [0.4, 0.5) is 0 Å². The van der Waals surface area contributed by atoms with Gasteiger partial charge in [-0.2, -0.15) is 12.6 Å². The summed E-state index contributed by atoms with van der Waals surface area (Å²) in [7, 11) is 0.